The Morgan fingerprint density at radius 3 is 2.39 bits per heavy atom. The number of aromatic nitrogens is 5. The van der Waals surface area contributed by atoms with Crippen molar-refractivity contribution in [2.24, 2.45) is 0 Å². The van der Waals surface area contributed by atoms with Gasteiger partial charge in [-0.05, 0) is 47.0 Å². The third-order valence-corrected chi connectivity index (χ3v) is 7.98. The van der Waals surface area contributed by atoms with E-state index >= 15 is 0 Å². The zero-order valence-corrected chi connectivity index (χ0v) is 21.2. The highest BCUT2D eigenvalue weighted by Gasteiger charge is 2.31. The number of thiazole rings is 1. The SMILES string of the molecule is Cc1ccc([C@@H](c2nnnn2CCc2ccccc2)N2CCN(c3nc4ccccc4s3)CC2)cc1. The number of hydrogen-bond acceptors (Lipinski definition) is 7. The number of nitrogens with zero attached hydrogens (tertiary/aromatic N) is 7. The van der Waals surface area contributed by atoms with Crippen molar-refractivity contribution >= 4 is 26.7 Å². The van der Waals surface area contributed by atoms with Crippen LogP contribution in [-0.2, 0) is 13.0 Å². The van der Waals surface area contributed by atoms with Gasteiger partial charge in [0.1, 0.15) is 0 Å². The summed E-state index contributed by atoms with van der Waals surface area (Å²) in [7, 11) is 0. The van der Waals surface area contributed by atoms with Crippen LogP contribution in [0.25, 0.3) is 10.2 Å². The summed E-state index contributed by atoms with van der Waals surface area (Å²) in [4.78, 5) is 9.80. The van der Waals surface area contributed by atoms with Gasteiger partial charge < -0.3 is 4.90 Å². The first-order valence-corrected chi connectivity index (χ1v) is 13.3. The number of piperazine rings is 1. The lowest BCUT2D eigenvalue weighted by Crippen LogP contribution is -2.48. The molecular formula is C28H29N7S. The second-order valence-corrected chi connectivity index (χ2v) is 10.3. The Balaban J connectivity index is 1.24. The molecule has 0 bridgehead atoms. The molecule has 8 heteroatoms. The first-order valence-electron chi connectivity index (χ1n) is 12.5. The normalized spacial score (nSPS) is 15.4. The number of rotatable bonds is 7. The molecule has 1 fully saturated rings. The van der Waals surface area contributed by atoms with Crippen LogP contribution in [0.2, 0.25) is 0 Å². The zero-order chi connectivity index (χ0) is 24.3. The molecule has 0 N–H and O–H groups in total. The fourth-order valence-electron chi connectivity index (χ4n) is 4.88. The first kappa shape index (κ1) is 22.8. The molecule has 182 valence electrons. The van der Waals surface area contributed by atoms with Crippen molar-refractivity contribution in [2.75, 3.05) is 31.1 Å². The summed E-state index contributed by atoms with van der Waals surface area (Å²) in [5, 5.41) is 14.1. The van der Waals surface area contributed by atoms with Gasteiger partial charge in [-0.3, -0.25) is 4.90 Å². The summed E-state index contributed by atoms with van der Waals surface area (Å²) in [6.45, 7) is 6.56. The number of aryl methyl sites for hydroxylation is 3. The molecule has 0 aliphatic carbocycles. The molecule has 1 aliphatic heterocycles. The van der Waals surface area contributed by atoms with Gasteiger partial charge in [-0.15, -0.1) is 5.10 Å². The van der Waals surface area contributed by atoms with Crippen LogP contribution in [0.1, 0.15) is 28.6 Å². The van der Waals surface area contributed by atoms with Crippen molar-refractivity contribution in [1.29, 1.82) is 0 Å². The summed E-state index contributed by atoms with van der Waals surface area (Å²) in [5.41, 5.74) is 4.84. The smallest absolute Gasteiger partial charge is 0.186 e. The van der Waals surface area contributed by atoms with Crippen molar-refractivity contribution in [1.82, 2.24) is 30.1 Å². The molecule has 0 radical (unpaired) electrons. The van der Waals surface area contributed by atoms with E-state index < -0.39 is 0 Å². The standard InChI is InChI=1S/C28H29N7S/c1-21-11-13-23(14-12-21)26(27-30-31-32-35(27)16-15-22-7-3-2-4-8-22)33-17-19-34(20-18-33)28-29-24-9-5-6-10-25(24)36-28/h2-14,26H,15-20H2,1H3/t26-/m0/s1. The molecule has 1 aliphatic rings. The van der Waals surface area contributed by atoms with Gasteiger partial charge in [-0.2, -0.15) is 0 Å². The second-order valence-electron chi connectivity index (χ2n) is 9.30. The predicted octanol–water partition coefficient (Wildman–Crippen LogP) is 4.75. The van der Waals surface area contributed by atoms with Crippen LogP contribution in [0, 0.1) is 6.92 Å². The number of para-hydroxylation sites is 1. The van der Waals surface area contributed by atoms with E-state index in [1.165, 1.54) is 21.4 Å². The highest BCUT2D eigenvalue weighted by molar-refractivity contribution is 7.22. The van der Waals surface area contributed by atoms with Gasteiger partial charge in [0.2, 0.25) is 0 Å². The molecule has 1 atom stereocenters. The maximum atomic E-state index is 4.88. The van der Waals surface area contributed by atoms with Gasteiger partial charge in [0, 0.05) is 32.7 Å². The summed E-state index contributed by atoms with van der Waals surface area (Å²) in [5.74, 6) is 0.906. The van der Waals surface area contributed by atoms with Crippen molar-refractivity contribution in [3.63, 3.8) is 0 Å². The van der Waals surface area contributed by atoms with Crippen LogP contribution in [0.4, 0.5) is 5.13 Å². The lowest BCUT2D eigenvalue weighted by atomic mass is 10.0. The van der Waals surface area contributed by atoms with Gasteiger partial charge in [-0.25, -0.2) is 9.67 Å². The average Bonchev–Trinajstić information content (AvgIpc) is 3.57. The van der Waals surface area contributed by atoms with E-state index in [1.807, 2.05) is 10.7 Å². The Kier molecular flexibility index (Phi) is 6.44. The Morgan fingerprint density at radius 1 is 0.861 bits per heavy atom. The van der Waals surface area contributed by atoms with Gasteiger partial charge in [0.05, 0.1) is 16.3 Å². The van der Waals surface area contributed by atoms with Crippen molar-refractivity contribution in [2.45, 2.75) is 25.9 Å². The zero-order valence-electron chi connectivity index (χ0n) is 20.4. The molecule has 1 saturated heterocycles. The molecule has 0 spiro atoms. The minimum absolute atomic E-state index is 0.00823. The maximum absolute atomic E-state index is 4.88. The third-order valence-electron chi connectivity index (χ3n) is 6.88. The van der Waals surface area contributed by atoms with Crippen molar-refractivity contribution in [3.8, 4) is 0 Å². The average molecular weight is 496 g/mol. The number of tetrazole rings is 1. The van der Waals surface area contributed by atoms with Crippen molar-refractivity contribution < 1.29 is 0 Å². The van der Waals surface area contributed by atoms with Crippen LogP contribution in [0.5, 0.6) is 0 Å². The Morgan fingerprint density at radius 2 is 1.61 bits per heavy atom. The van der Waals surface area contributed by atoms with E-state index in [2.05, 4.69) is 105 Å². The van der Waals surface area contributed by atoms with Gasteiger partial charge in [0.25, 0.3) is 0 Å². The lowest BCUT2D eigenvalue weighted by molar-refractivity contribution is 0.200. The summed E-state index contributed by atoms with van der Waals surface area (Å²) < 4.78 is 3.22. The summed E-state index contributed by atoms with van der Waals surface area (Å²) in [6, 6.07) is 27.7. The van der Waals surface area contributed by atoms with E-state index in [0.29, 0.717) is 0 Å². The van der Waals surface area contributed by atoms with Crippen LogP contribution in [0.15, 0.2) is 78.9 Å². The van der Waals surface area contributed by atoms with Gasteiger partial charge in [-0.1, -0.05) is 83.6 Å². The van der Waals surface area contributed by atoms with E-state index in [4.69, 9.17) is 4.98 Å². The Bertz CT molecular complexity index is 1390. The molecule has 7 nitrogen and oxygen atoms in total. The number of anilines is 1. The molecule has 3 aromatic carbocycles. The lowest BCUT2D eigenvalue weighted by Gasteiger charge is -2.38. The number of fused-ring (bicyclic) bond motifs is 1. The van der Waals surface area contributed by atoms with E-state index in [9.17, 15) is 0 Å². The first-order chi connectivity index (χ1) is 17.7. The van der Waals surface area contributed by atoms with Crippen molar-refractivity contribution in [3.05, 3.63) is 101 Å². The van der Waals surface area contributed by atoms with E-state index in [1.54, 1.807) is 11.3 Å². The molecule has 0 amide bonds. The van der Waals surface area contributed by atoms with Gasteiger partial charge >= 0.3 is 0 Å². The fraction of sp³-hybridized carbons (Fsp3) is 0.286. The Labute approximate surface area is 215 Å². The molecule has 0 unspecified atom stereocenters. The predicted molar refractivity (Wildman–Crippen MR) is 144 cm³/mol. The number of benzene rings is 3. The quantitative estimate of drug-likeness (QED) is 0.325. The third kappa shape index (κ3) is 4.74. The van der Waals surface area contributed by atoms with Crippen LogP contribution in [-0.4, -0.2) is 56.3 Å². The largest absolute Gasteiger partial charge is 0.345 e. The second kappa shape index (κ2) is 10.2. The van der Waals surface area contributed by atoms with Crippen LogP contribution in [0.3, 0.4) is 0 Å². The van der Waals surface area contributed by atoms with Crippen LogP contribution < -0.4 is 4.90 Å². The molecule has 3 heterocycles. The summed E-state index contributed by atoms with van der Waals surface area (Å²) in [6.07, 6.45) is 0.894. The fourth-order valence-corrected chi connectivity index (χ4v) is 5.90. The highest BCUT2D eigenvalue weighted by atomic mass is 32.1. The van der Waals surface area contributed by atoms with Gasteiger partial charge in [0.15, 0.2) is 11.0 Å². The topological polar surface area (TPSA) is 63.0 Å². The molecule has 36 heavy (non-hydrogen) atoms. The molecule has 2 aromatic heterocycles. The van der Waals surface area contributed by atoms with E-state index in [-0.39, 0.29) is 6.04 Å². The Hall–Kier alpha value is -3.62. The molecular weight excluding hydrogens is 466 g/mol. The minimum atomic E-state index is 0.00823. The van der Waals surface area contributed by atoms with E-state index in [0.717, 1.165) is 55.6 Å². The molecule has 0 saturated carbocycles. The molecule has 6 rings (SSSR count). The monoisotopic (exact) mass is 495 g/mol. The minimum Gasteiger partial charge on any atom is -0.345 e. The maximum Gasteiger partial charge on any atom is 0.186 e. The summed E-state index contributed by atoms with van der Waals surface area (Å²) >= 11 is 1.78. The number of hydrogen-bond donors (Lipinski definition) is 0. The highest BCUT2D eigenvalue weighted by Crippen LogP contribution is 2.32. The van der Waals surface area contributed by atoms with Crippen LogP contribution >= 0.6 is 11.3 Å². The molecule has 5 aromatic rings.